The number of carbonyl (C=O) groups excluding carboxylic acids is 1. The molecule has 1 aliphatic rings. The molecule has 1 aromatic carbocycles. The van der Waals surface area contributed by atoms with E-state index in [0.29, 0.717) is 5.56 Å². The maximum atomic E-state index is 12.9. The summed E-state index contributed by atoms with van der Waals surface area (Å²) in [4.78, 5) is 19.0. The van der Waals surface area contributed by atoms with Crippen LogP contribution in [0, 0.1) is 0 Å². The number of thiazole rings is 1. The largest absolute Gasteiger partial charge is 0.331 e. The number of amides is 1. The van der Waals surface area contributed by atoms with Gasteiger partial charge in [0.1, 0.15) is 0 Å². The summed E-state index contributed by atoms with van der Waals surface area (Å²) < 4.78 is 1.65. The normalized spacial score (nSPS) is 17.1. The van der Waals surface area contributed by atoms with Gasteiger partial charge in [-0.1, -0.05) is 24.3 Å². The summed E-state index contributed by atoms with van der Waals surface area (Å²) >= 11 is 1.49. The second kappa shape index (κ2) is 5.62. The Morgan fingerprint density at radius 2 is 2.22 bits per heavy atom. The molecule has 1 unspecified atom stereocenters. The number of carbonyl (C=O) groups is 1. The Hall–Kier alpha value is -2.47. The molecule has 0 spiro atoms. The Bertz CT molecular complexity index is 840. The zero-order chi connectivity index (χ0) is 15.8. The summed E-state index contributed by atoms with van der Waals surface area (Å²) in [5, 5.41) is 6.92. The van der Waals surface area contributed by atoms with Crippen molar-refractivity contribution in [3.8, 4) is 5.13 Å². The van der Waals surface area contributed by atoms with E-state index in [1.165, 1.54) is 22.5 Å². The van der Waals surface area contributed by atoms with Crippen molar-refractivity contribution < 1.29 is 4.79 Å². The van der Waals surface area contributed by atoms with Crippen molar-refractivity contribution in [3.63, 3.8) is 0 Å². The molecule has 0 N–H and O–H groups in total. The van der Waals surface area contributed by atoms with Crippen molar-refractivity contribution in [2.45, 2.75) is 19.4 Å². The van der Waals surface area contributed by atoms with Crippen LogP contribution in [-0.2, 0) is 6.42 Å². The highest BCUT2D eigenvalue weighted by Crippen LogP contribution is 2.30. The lowest BCUT2D eigenvalue weighted by Crippen LogP contribution is -2.38. The van der Waals surface area contributed by atoms with Gasteiger partial charge in [-0.15, -0.1) is 11.3 Å². The molecule has 23 heavy (non-hydrogen) atoms. The van der Waals surface area contributed by atoms with Crippen LogP contribution in [0.5, 0.6) is 0 Å². The molecular weight excluding hydrogens is 308 g/mol. The van der Waals surface area contributed by atoms with Crippen LogP contribution in [0.1, 0.15) is 34.5 Å². The van der Waals surface area contributed by atoms with Crippen LogP contribution >= 0.6 is 11.3 Å². The second-order valence-electron chi connectivity index (χ2n) is 5.61. The van der Waals surface area contributed by atoms with E-state index in [9.17, 15) is 4.79 Å². The lowest BCUT2D eigenvalue weighted by atomic mass is 9.93. The van der Waals surface area contributed by atoms with Crippen LogP contribution in [-0.4, -0.2) is 32.1 Å². The van der Waals surface area contributed by atoms with Crippen molar-refractivity contribution >= 4 is 17.2 Å². The average Bonchev–Trinajstić information content (AvgIpc) is 3.26. The fraction of sp³-hybridized carbons (Fsp3) is 0.235. The minimum absolute atomic E-state index is 0.0230. The molecule has 2 aromatic heterocycles. The molecule has 0 saturated heterocycles. The third-order valence-electron chi connectivity index (χ3n) is 4.30. The standard InChI is InChI=1S/C17H16N4OS/c1-12-15-5-3-2-4-13(15)6-8-20(12)16(22)14-10-19-21(11-14)17-18-7-9-23-17/h2-5,7,9-12H,6,8H2,1H3. The van der Waals surface area contributed by atoms with Gasteiger partial charge in [-0.25, -0.2) is 9.67 Å². The second-order valence-corrected chi connectivity index (χ2v) is 6.48. The molecule has 0 bridgehead atoms. The van der Waals surface area contributed by atoms with Gasteiger partial charge in [0.2, 0.25) is 5.13 Å². The quantitative estimate of drug-likeness (QED) is 0.728. The molecule has 0 aliphatic carbocycles. The monoisotopic (exact) mass is 324 g/mol. The van der Waals surface area contributed by atoms with Crippen molar-refractivity contribution in [3.05, 3.63) is 64.9 Å². The summed E-state index contributed by atoms with van der Waals surface area (Å²) in [7, 11) is 0. The number of hydrogen-bond acceptors (Lipinski definition) is 4. The van der Waals surface area contributed by atoms with Gasteiger partial charge in [0.25, 0.3) is 5.91 Å². The number of rotatable bonds is 2. The number of benzene rings is 1. The summed E-state index contributed by atoms with van der Waals surface area (Å²) in [6, 6.07) is 8.42. The zero-order valence-corrected chi connectivity index (χ0v) is 13.5. The lowest BCUT2D eigenvalue weighted by Gasteiger charge is -2.35. The predicted molar refractivity (Wildman–Crippen MR) is 88.8 cm³/mol. The molecule has 3 heterocycles. The molecule has 5 nitrogen and oxygen atoms in total. The summed E-state index contributed by atoms with van der Waals surface area (Å²) in [5.41, 5.74) is 3.17. The van der Waals surface area contributed by atoms with Crippen LogP contribution in [0.4, 0.5) is 0 Å². The smallest absolute Gasteiger partial charge is 0.257 e. The van der Waals surface area contributed by atoms with Gasteiger partial charge in [0.15, 0.2) is 0 Å². The number of nitrogens with zero attached hydrogens (tertiary/aromatic N) is 4. The summed E-state index contributed by atoms with van der Waals surface area (Å²) in [6.07, 6.45) is 6.01. The van der Waals surface area contributed by atoms with Gasteiger partial charge in [0, 0.05) is 24.3 Å². The summed E-state index contributed by atoms with van der Waals surface area (Å²) in [6.45, 7) is 2.82. The van der Waals surface area contributed by atoms with Crippen molar-refractivity contribution in [1.82, 2.24) is 19.7 Å². The molecular formula is C17H16N4OS. The highest BCUT2D eigenvalue weighted by atomic mass is 32.1. The average molecular weight is 324 g/mol. The van der Waals surface area contributed by atoms with E-state index in [2.05, 4.69) is 35.2 Å². The molecule has 1 amide bonds. The molecule has 3 aromatic rings. The van der Waals surface area contributed by atoms with Crippen LogP contribution < -0.4 is 0 Å². The third kappa shape index (κ3) is 2.45. The number of aromatic nitrogens is 3. The zero-order valence-electron chi connectivity index (χ0n) is 12.7. The minimum atomic E-state index is 0.0230. The highest BCUT2D eigenvalue weighted by molar-refractivity contribution is 7.12. The van der Waals surface area contributed by atoms with E-state index in [1.54, 1.807) is 23.3 Å². The van der Waals surface area contributed by atoms with E-state index in [-0.39, 0.29) is 11.9 Å². The van der Waals surface area contributed by atoms with Gasteiger partial charge in [0.05, 0.1) is 17.8 Å². The molecule has 1 atom stereocenters. The maximum absolute atomic E-state index is 12.9. The van der Waals surface area contributed by atoms with Crippen molar-refractivity contribution in [1.29, 1.82) is 0 Å². The Morgan fingerprint density at radius 1 is 1.35 bits per heavy atom. The lowest BCUT2D eigenvalue weighted by molar-refractivity contribution is 0.0677. The molecule has 0 saturated carbocycles. The minimum Gasteiger partial charge on any atom is -0.331 e. The van der Waals surface area contributed by atoms with Crippen LogP contribution in [0.25, 0.3) is 5.13 Å². The Balaban J connectivity index is 1.60. The summed E-state index contributed by atoms with van der Waals surface area (Å²) in [5.74, 6) is 0.0230. The van der Waals surface area contributed by atoms with Gasteiger partial charge in [-0.2, -0.15) is 5.10 Å². The maximum Gasteiger partial charge on any atom is 0.257 e. The predicted octanol–water partition coefficient (Wildman–Crippen LogP) is 3.09. The van der Waals surface area contributed by atoms with E-state index < -0.39 is 0 Å². The molecule has 116 valence electrons. The van der Waals surface area contributed by atoms with Crippen LogP contribution in [0.2, 0.25) is 0 Å². The molecule has 1 aliphatic heterocycles. The fourth-order valence-corrected chi connectivity index (χ4v) is 3.66. The van der Waals surface area contributed by atoms with E-state index in [1.807, 2.05) is 16.3 Å². The van der Waals surface area contributed by atoms with Crippen molar-refractivity contribution in [2.75, 3.05) is 6.54 Å². The SMILES string of the molecule is CC1c2ccccc2CCN1C(=O)c1cnn(-c2nccs2)c1. The number of hydrogen-bond donors (Lipinski definition) is 0. The Morgan fingerprint density at radius 3 is 3.04 bits per heavy atom. The van der Waals surface area contributed by atoms with Gasteiger partial charge >= 0.3 is 0 Å². The van der Waals surface area contributed by atoms with E-state index in [4.69, 9.17) is 0 Å². The number of fused-ring (bicyclic) bond motifs is 1. The van der Waals surface area contributed by atoms with E-state index >= 15 is 0 Å². The molecule has 0 radical (unpaired) electrons. The van der Waals surface area contributed by atoms with Gasteiger partial charge in [-0.05, 0) is 24.5 Å². The van der Waals surface area contributed by atoms with Crippen LogP contribution in [0.3, 0.4) is 0 Å². The molecule has 6 heteroatoms. The highest BCUT2D eigenvalue weighted by Gasteiger charge is 2.28. The van der Waals surface area contributed by atoms with Gasteiger partial charge < -0.3 is 4.90 Å². The Labute approximate surface area is 138 Å². The Kier molecular flexibility index (Phi) is 3.46. The first-order chi connectivity index (χ1) is 11.2. The fourth-order valence-electron chi connectivity index (χ4n) is 3.08. The first-order valence-electron chi connectivity index (χ1n) is 7.57. The first kappa shape index (κ1) is 14.1. The van der Waals surface area contributed by atoms with E-state index in [0.717, 1.165) is 18.1 Å². The topological polar surface area (TPSA) is 51.0 Å². The molecule has 0 fully saturated rings. The first-order valence-corrected chi connectivity index (χ1v) is 8.45. The van der Waals surface area contributed by atoms with Gasteiger partial charge in [-0.3, -0.25) is 4.79 Å². The van der Waals surface area contributed by atoms with Crippen LogP contribution in [0.15, 0.2) is 48.2 Å². The molecule has 4 rings (SSSR count). The van der Waals surface area contributed by atoms with Crippen molar-refractivity contribution in [2.24, 2.45) is 0 Å². The third-order valence-corrected chi connectivity index (χ3v) is 5.06.